The molecule has 0 spiro atoms. The van der Waals surface area contributed by atoms with Crippen LogP contribution < -0.4 is 0 Å². The Morgan fingerprint density at radius 3 is 1.72 bits per heavy atom. The summed E-state index contributed by atoms with van der Waals surface area (Å²) < 4.78 is 11.5. The molecule has 0 N–H and O–H groups in total. The fourth-order valence-corrected chi connectivity index (χ4v) is 12.7. The Labute approximate surface area is 357 Å². The van der Waals surface area contributed by atoms with Gasteiger partial charge in [0.2, 0.25) is 0 Å². The van der Waals surface area contributed by atoms with Crippen molar-refractivity contribution in [2.75, 3.05) is 0 Å². The van der Waals surface area contributed by atoms with E-state index in [1.54, 1.807) is 0 Å². The van der Waals surface area contributed by atoms with Crippen LogP contribution in [0.25, 0.3) is 139 Å². The molecule has 3 heterocycles. The van der Waals surface area contributed by atoms with Crippen molar-refractivity contribution in [3.05, 3.63) is 194 Å². The fourth-order valence-electron chi connectivity index (χ4n) is 10.3. The molecule has 0 aliphatic heterocycles. The highest BCUT2D eigenvalue weighted by Gasteiger charge is 2.19. The molecule has 0 radical (unpaired) electrons. The van der Waals surface area contributed by atoms with Crippen LogP contribution in [0.3, 0.4) is 0 Å². The molecule has 11 aromatic carbocycles. The number of hydrogen-bond acceptors (Lipinski definition) is 3. The summed E-state index contributed by atoms with van der Waals surface area (Å²) in [6, 6.07) is 72.0. The minimum absolute atomic E-state index is 0.941. The number of fused-ring (bicyclic) bond motifs is 14. The van der Waals surface area contributed by atoms with Crippen molar-refractivity contribution in [1.29, 1.82) is 0 Å². The molecule has 3 aromatic heterocycles. The first kappa shape index (κ1) is 33.5. The van der Waals surface area contributed by atoms with Crippen LogP contribution >= 0.6 is 22.7 Å². The van der Waals surface area contributed by atoms with E-state index >= 15 is 0 Å². The van der Waals surface area contributed by atoms with E-state index in [0.29, 0.717) is 0 Å². The molecule has 14 aromatic rings. The molecule has 0 saturated carbocycles. The lowest BCUT2D eigenvalue weighted by Crippen LogP contribution is -1.90. The van der Waals surface area contributed by atoms with Crippen LogP contribution in [-0.2, 0) is 0 Å². The summed E-state index contributed by atoms with van der Waals surface area (Å²) in [5.74, 6) is 0. The van der Waals surface area contributed by atoms with Crippen LogP contribution in [0.4, 0.5) is 0 Å². The second-order valence-electron chi connectivity index (χ2n) is 16.3. The average Bonchev–Trinajstić information content (AvgIpc) is 4.00. The Kier molecular flexibility index (Phi) is 6.93. The first-order valence-corrected chi connectivity index (χ1v) is 22.4. The molecule has 0 fully saturated rings. The van der Waals surface area contributed by atoms with Gasteiger partial charge in [0.25, 0.3) is 0 Å². The van der Waals surface area contributed by atoms with Gasteiger partial charge in [-0.3, -0.25) is 0 Å². The molecule has 0 saturated heterocycles. The molecule has 14 rings (SSSR count). The SMILES string of the molecule is c1ccc2cc(-c3c4ccccc4c(-c4ccc5c(c4)sc4ccc(-c6cccc7cc8c(cc67)sc6c8ccc7oc8ccccc8c76)cc45)c4ccccc34)ccc2c1. The van der Waals surface area contributed by atoms with Gasteiger partial charge in [-0.05, 0) is 131 Å². The van der Waals surface area contributed by atoms with E-state index in [1.165, 1.54) is 128 Å². The molecule has 0 atom stereocenters. The zero-order valence-electron chi connectivity index (χ0n) is 32.7. The van der Waals surface area contributed by atoms with Gasteiger partial charge in [0.1, 0.15) is 11.2 Å². The molecule has 0 unspecified atom stereocenters. The fraction of sp³-hybridized carbons (Fsp3) is 0. The highest BCUT2D eigenvalue weighted by molar-refractivity contribution is 7.27. The van der Waals surface area contributed by atoms with Gasteiger partial charge >= 0.3 is 0 Å². The van der Waals surface area contributed by atoms with E-state index in [4.69, 9.17) is 4.42 Å². The molecule has 3 heteroatoms. The maximum Gasteiger partial charge on any atom is 0.136 e. The van der Waals surface area contributed by atoms with Crippen LogP contribution in [-0.4, -0.2) is 0 Å². The normalized spacial score (nSPS) is 12.3. The van der Waals surface area contributed by atoms with E-state index in [-0.39, 0.29) is 0 Å². The maximum absolute atomic E-state index is 6.27. The number of thiophene rings is 2. The van der Waals surface area contributed by atoms with Gasteiger partial charge in [0.15, 0.2) is 0 Å². The Bertz CT molecular complexity index is 4120. The van der Waals surface area contributed by atoms with Crippen LogP contribution in [0.15, 0.2) is 199 Å². The second-order valence-corrected chi connectivity index (χ2v) is 18.5. The predicted molar refractivity (Wildman–Crippen MR) is 266 cm³/mol. The number of para-hydroxylation sites is 1. The summed E-state index contributed by atoms with van der Waals surface area (Å²) in [5, 5.41) is 17.8. The van der Waals surface area contributed by atoms with E-state index in [9.17, 15) is 0 Å². The highest BCUT2D eigenvalue weighted by atomic mass is 32.1. The van der Waals surface area contributed by atoms with Crippen molar-refractivity contribution < 1.29 is 4.42 Å². The summed E-state index contributed by atoms with van der Waals surface area (Å²) >= 11 is 3.77. The van der Waals surface area contributed by atoms with Gasteiger partial charge in [0, 0.05) is 51.1 Å². The van der Waals surface area contributed by atoms with Crippen LogP contribution in [0.2, 0.25) is 0 Å². The first-order valence-electron chi connectivity index (χ1n) is 20.8. The van der Waals surface area contributed by atoms with E-state index in [2.05, 4.69) is 188 Å². The number of benzene rings is 11. The molecule has 0 amide bonds. The van der Waals surface area contributed by atoms with Gasteiger partial charge in [-0.25, -0.2) is 0 Å². The molecule has 1 nitrogen and oxygen atoms in total. The van der Waals surface area contributed by atoms with Crippen molar-refractivity contribution in [1.82, 2.24) is 0 Å². The van der Waals surface area contributed by atoms with E-state index < -0.39 is 0 Å². The molecular weight excluding hydrogens is 777 g/mol. The topological polar surface area (TPSA) is 13.1 Å². The van der Waals surface area contributed by atoms with Gasteiger partial charge in [-0.1, -0.05) is 140 Å². The van der Waals surface area contributed by atoms with Crippen molar-refractivity contribution in [2.45, 2.75) is 0 Å². The summed E-state index contributed by atoms with van der Waals surface area (Å²) in [5.41, 5.74) is 9.48. The molecule has 0 aliphatic carbocycles. The van der Waals surface area contributed by atoms with Crippen molar-refractivity contribution >= 4 is 128 Å². The zero-order valence-corrected chi connectivity index (χ0v) is 34.3. The van der Waals surface area contributed by atoms with Crippen LogP contribution in [0.5, 0.6) is 0 Å². The summed E-state index contributed by atoms with van der Waals surface area (Å²) in [4.78, 5) is 0. The Morgan fingerprint density at radius 2 is 0.918 bits per heavy atom. The summed E-state index contributed by atoms with van der Waals surface area (Å²) in [6.07, 6.45) is 0. The number of rotatable bonds is 3. The lowest BCUT2D eigenvalue weighted by atomic mass is 9.85. The smallest absolute Gasteiger partial charge is 0.136 e. The summed E-state index contributed by atoms with van der Waals surface area (Å²) in [6.45, 7) is 0. The van der Waals surface area contributed by atoms with Crippen molar-refractivity contribution in [3.8, 4) is 33.4 Å². The van der Waals surface area contributed by atoms with Crippen molar-refractivity contribution in [2.24, 2.45) is 0 Å². The quantitative estimate of drug-likeness (QED) is 0.162. The molecule has 0 bridgehead atoms. The monoisotopic (exact) mass is 808 g/mol. The zero-order chi connectivity index (χ0) is 39.8. The molecule has 61 heavy (non-hydrogen) atoms. The van der Waals surface area contributed by atoms with Crippen LogP contribution in [0, 0.1) is 0 Å². The van der Waals surface area contributed by atoms with Gasteiger partial charge in [-0.2, -0.15) is 0 Å². The Morgan fingerprint density at radius 1 is 0.295 bits per heavy atom. The third-order valence-corrected chi connectivity index (χ3v) is 15.3. The van der Waals surface area contributed by atoms with Gasteiger partial charge in [0.05, 0.1) is 0 Å². The largest absolute Gasteiger partial charge is 0.456 e. The Hall–Kier alpha value is -7.30. The van der Waals surface area contributed by atoms with Crippen LogP contribution in [0.1, 0.15) is 0 Å². The average molecular weight is 809 g/mol. The molecular formula is C58H32OS2. The predicted octanol–water partition coefficient (Wildman–Crippen LogP) is 17.9. The maximum atomic E-state index is 6.27. The van der Waals surface area contributed by atoms with E-state index in [0.717, 1.165) is 11.2 Å². The molecule has 0 aliphatic rings. The van der Waals surface area contributed by atoms with E-state index in [1.807, 2.05) is 28.7 Å². The molecule has 282 valence electrons. The lowest BCUT2D eigenvalue weighted by molar-refractivity contribution is 0.669. The lowest BCUT2D eigenvalue weighted by Gasteiger charge is -2.18. The first-order chi connectivity index (χ1) is 30.2. The highest BCUT2D eigenvalue weighted by Crippen LogP contribution is 2.48. The standard InChI is InChI=1S/C58H32OS2/c1-2-11-34-28-37(21-20-33(34)10-1)55-41-13-3-5-15-43(41)56(44-16-6-4-14-42(44)55)38-22-24-40-48-30-36(23-27-52(48)60-53(40)31-38)39-18-9-12-35-29-49-45-25-26-51-57(46-17-7-8-19-50(46)59-51)58(45)61-54(49)32-47(35)39/h1-32H. The minimum Gasteiger partial charge on any atom is -0.456 e. The van der Waals surface area contributed by atoms with Gasteiger partial charge in [-0.15, -0.1) is 22.7 Å². The summed E-state index contributed by atoms with van der Waals surface area (Å²) in [7, 11) is 0. The third kappa shape index (κ3) is 4.87. The second kappa shape index (κ2) is 12.6. The third-order valence-electron chi connectivity index (χ3n) is 13.0. The van der Waals surface area contributed by atoms with Crippen molar-refractivity contribution in [3.63, 3.8) is 0 Å². The Balaban J connectivity index is 0.918. The number of hydrogen-bond donors (Lipinski definition) is 0. The number of furan rings is 1. The van der Waals surface area contributed by atoms with Gasteiger partial charge < -0.3 is 4.42 Å². The minimum atomic E-state index is 0.941.